The van der Waals surface area contributed by atoms with E-state index in [1.54, 1.807) is 0 Å². The minimum absolute atomic E-state index is 0.210. The molecule has 3 nitrogen and oxygen atoms in total. The molecule has 0 N–H and O–H groups in total. The summed E-state index contributed by atoms with van der Waals surface area (Å²) < 4.78 is 0. The first kappa shape index (κ1) is 21.7. The van der Waals surface area contributed by atoms with Gasteiger partial charge in [-0.1, -0.05) is 89.7 Å². The summed E-state index contributed by atoms with van der Waals surface area (Å²) in [5.74, 6) is 0. The van der Waals surface area contributed by atoms with E-state index in [2.05, 4.69) is 6.92 Å². The van der Waals surface area contributed by atoms with Crippen LogP contribution in [-0.4, -0.2) is 4.92 Å². The van der Waals surface area contributed by atoms with Crippen LogP contribution in [0, 0.1) is 24.0 Å². The van der Waals surface area contributed by atoms with E-state index in [1.165, 1.54) is 70.6 Å². The lowest BCUT2D eigenvalue weighted by Crippen LogP contribution is -2.00. The van der Waals surface area contributed by atoms with Crippen molar-refractivity contribution in [3.8, 4) is 0 Å². The Morgan fingerprint density at radius 3 is 1.76 bits per heavy atom. The molecule has 142 valence electrons. The highest BCUT2D eigenvalue weighted by Crippen LogP contribution is 2.27. The summed E-state index contributed by atoms with van der Waals surface area (Å²) in [5.41, 5.74) is 3.06. The van der Waals surface area contributed by atoms with Gasteiger partial charge < -0.3 is 0 Å². The Kier molecular flexibility index (Phi) is 11.2. The lowest BCUT2D eigenvalue weighted by molar-refractivity contribution is -0.386. The summed E-state index contributed by atoms with van der Waals surface area (Å²) >= 11 is 0. The maximum atomic E-state index is 11.3. The zero-order valence-electron chi connectivity index (χ0n) is 16.6. The molecule has 0 radical (unpaired) electrons. The second-order valence-electron chi connectivity index (χ2n) is 7.41. The van der Waals surface area contributed by atoms with Gasteiger partial charge in [-0.3, -0.25) is 10.1 Å². The smallest absolute Gasteiger partial charge is 0.258 e. The number of hydrogen-bond donors (Lipinski definition) is 0. The Morgan fingerprint density at radius 1 is 0.800 bits per heavy atom. The molecule has 0 aliphatic heterocycles. The van der Waals surface area contributed by atoms with E-state index in [4.69, 9.17) is 0 Å². The van der Waals surface area contributed by atoms with Crippen LogP contribution in [0.5, 0.6) is 0 Å². The van der Waals surface area contributed by atoms with Gasteiger partial charge in [0.25, 0.3) is 5.69 Å². The summed E-state index contributed by atoms with van der Waals surface area (Å²) in [5, 5.41) is 11.3. The van der Waals surface area contributed by atoms with Crippen molar-refractivity contribution in [1.29, 1.82) is 0 Å². The van der Waals surface area contributed by atoms with Gasteiger partial charge in [-0.25, -0.2) is 0 Å². The Morgan fingerprint density at radius 2 is 1.28 bits per heavy atom. The van der Waals surface area contributed by atoms with E-state index in [-0.39, 0.29) is 4.92 Å². The molecule has 1 aromatic rings. The second-order valence-corrected chi connectivity index (χ2v) is 7.41. The van der Waals surface area contributed by atoms with Crippen LogP contribution in [0.2, 0.25) is 0 Å². The van der Waals surface area contributed by atoms with Crippen molar-refractivity contribution in [2.24, 2.45) is 0 Å². The summed E-state index contributed by atoms with van der Waals surface area (Å²) in [6.07, 6.45) is 16.7. The Bertz CT molecular complexity index is 511. The molecule has 1 aromatic carbocycles. The normalized spacial score (nSPS) is 11.0. The number of aryl methyl sites for hydroxylation is 2. The van der Waals surface area contributed by atoms with Crippen molar-refractivity contribution < 1.29 is 4.92 Å². The van der Waals surface area contributed by atoms with Crippen molar-refractivity contribution in [2.45, 2.75) is 104 Å². The number of benzene rings is 1. The molecule has 0 amide bonds. The first-order valence-corrected chi connectivity index (χ1v) is 10.3. The number of unbranched alkanes of at least 4 members (excludes halogenated alkanes) is 11. The molecule has 0 aliphatic carbocycles. The monoisotopic (exact) mass is 347 g/mol. The maximum absolute atomic E-state index is 11.3. The molecule has 0 bridgehead atoms. The SMILES string of the molecule is CCCCCCCCCCCCCCc1ccc(C)c(C)c1[N+](=O)[O-]. The average molecular weight is 348 g/mol. The molecule has 0 saturated heterocycles. The van der Waals surface area contributed by atoms with Gasteiger partial charge in [0.15, 0.2) is 0 Å². The van der Waals surface area contributed by atoms with Crippen LogP contribution >= 0.6 is 0 Å². The van der Waals surface area contributed by atoms with Gasteiger partial charge in [0, 0.05) is 11.1 Å². The summed E-state index contributed by atoms with van der Waals surface area (Å²) in [6, 6.07) is 3.96. The Labute approximate surface area is 154 Å². The minimum atomic E-state index is -0.210. The quantitative estimate of drug-likeness (QED) is 0.199. The topological polar surface area (TPSA) is 43.1 Å². The molecule has 0 unspecified atom stereocenters. The van der Waals surface area contributed by atoms with Gasteiger partial charge in [0.05, 0.1) is 4.92 Å². The van der Waals surface area contributed by atoms with Crippen molar-refractivity contribution in [3.05, 3.63) is 38.9 Å². The zero-order valence-corrected chi connectivity index (χ0v) is 16.6. The van der Waals surface area contributed by atoms with Gasteiger partial charge in [0.2, 0.25) is 0 Å². The summed E-state index contributed by atoms with van der Waals surface area (Å²) in [7, 11) is 0. The molecule has 0 fully saturated rings. The summed E-state index contributed by atoms with van der Waals surface area (Å²) in [6.45, 7) is 6.06. The highest BCUT2D eigenvalue weighted by atomic mass is 16.6. The van der Waals surface area contributed by atoms with Crippen molar-refractivity contribution in [2.75, 3.05) is 0 Å². The maximum Gasteiger partial charge on any atom is 0.275 e. The molecule has 0 atom stereocenters. The molecule has 3 heteroatoms. The van der Waals surface area contributed by atoms with Crippen LogP contribution in [0.1, 0.15) is 101 Å². The van der Waals surface area contributed by atoms with Gasteiger partial charge in [-0.2, -0.15) is 0 Å². The number of rotatable bonds is 14. The van der Waals surface area contributed by atoms with Crippen LogP contribution in [0.15, 0.2) is 12.1 Å². The third-order valence-corrected chi connectivity index (χ3v) is 5.27. The highest BCUT2D eigenvalue weighted by molar-refractivity contribution is 5.50. The third kappa shape index (κ3) is 8.51. The molecule has 0 aromatic heterocycles. The largest absolute Gasteiger partial charge is 0.275 e. The van der Waals surface area contributed by atoms with Crippen LogP contribution in [0.25, 0.3) is 0 Å². The van der Waals surface area contributed by atoms with E-state index in [0.29, 0.717) is 5.69 Å². The van der Waals surface area contributed by atoms with Crippen LogP contribution < -0.4 is 0 Å². The number of nitro groups is 1. The van der Waals surface area contributed by atoms with Gasteiger partial charge in [-0.05, 0) is 32.3 Å². The number of nitro benzene ring substituents is 1. The second kappa shape index (κ2) is 12.9. The lowest BCUT2D eigenvalue weighted by Gasteiger charge is -2.08. The minimum Gasteiger partial charge on any atom is -0.258 e. The molecular formula is C22H37NO2. The summed E-state index contributed by atoms with van der Waals surface area (Å²) in [4.78, 5) is 11.1. The molecule has 25 heavy (non-hydrogen) atoms. The van der Waals surface area contributed by atoms with E-state index in [1.807, 2.05) is 26.0 Å². The molecule has 0 aliphatic rings. The molecule has 0 heterocycles. The predicted octanol–water partition coefficient (Wildman–Crippen LogP) is 7.46. The molecule has 0 spiro atoms. The van der Waals surface area contributed by atoms with E-state index in [0.717, 1.165) is 29.5 Å². The van der Waals surface area contributed by atoms with Crippen LogP contribution in [-0.2, 0) is 6.42 Å². The highest BCUT2D eigenvalue weighted by Gasteiger charge is 2.18. The fourth-order valence-electron chi connectivity index (χ4n) is 3.47. The standard InChI is InChI=1S/C22H37NO2/c1-4-5-6-7-8-9-10-11-12-13-14-15-16-21-18-17-19(2)20(3)22(21)23(24)25/h17-18H,4-16H2,1-3H3. The fraction of sp³-hybridized carbons (Fsp3) is 0.727. The third-order valence-electron chi connectivity index (χ3n) is 5.27. The van der Waals surface area contributed by atoms with Crippen LogP contribution in [0.4, 0.5) is 5.69 Å². The van der Waals surface area contributed by atoms with Gasteiger partial charge in [0.1, 0.15) is 0 Å². The average Bonchev–Trinajstić information content (AvgIpc) is 2.58. The van der Waals surface area contributed by atoms with Crippen molar-refractivity contribution in [1.82, 2.24) is 0 Å². The van der Waals surface area contributed by atoms with Crippen LogP contribution in [0.3, 0.4) is 0 Å². The Balaban J connectivity index is 2.13. The molecule has 0 saturated carbocycles. The first-order chi connectivity index (χ1) is 12.1. The van der Waals surface area contributed by atoms with E-state index in [9.17, 15) is 10.1 Å². The van der Waals surface area contributed by atoms with Crippen molar-refractivity contribution >= 4 is 5.69 Å². The predicted molar refractivity (Wildman–Crippen MR) is 107 cm³/mol. The lowest BCUT2D eigenvalue weighted by atomic mass is 9.98. The van der Waals surface area contributed by atoms with Gasteiger partial charge in [-0.15, -0.1) is 0 Å². The number of hydrogen-bond acceptors (Lipinski definition) is 2. The number of nitrogens with zero attached hydrogens (tertiary/aromatic N) is 1. The van der Waals surface area contributed by atoms with Gasteiger partial charge >= 0.3 is 0 Å². The fourth-order valence-corrected chi connectivity index (χ4v) is 3.47. The van der Waals surface area contributed by atoms with E-state index < -0.39 is 0 Å². The van der Waals surface area contributed by atoms with Crippen molar-refractivity contribution in [3.63, 3.8) is 0 Å². The molecule has 1 rings (SSSR count). The zero-order chi connectivity index (χ0) is 18.5. The van der Waals surface area contributed by atoms with E-state index >= 15 is 0 Å². The molecular weight excluding hydrogens is 310 g/mol. The Hall–Kier alpha value is -1.38. The first-order valence-electron chi connectivity index (χ1n) is 10.3.